The van der Waals surface area contributed by atoms with Gasteiger partial charge in [-0.1, -0.05) is 29.3 Å². The molecule has 0 aliphatic heterocycles. The lowest BCUT2D eigenvalue weighted by Crippen LogP contribution is -2.48. The monoisotopic (exact) mass is 464 g/mol. The number of amides is 2. The maximum Gasteiger partial charge on any atom is 0.328 e. The van der Waals surface area contributed by atoms with Crippen LogP contribution < -0.4 is 10.6 Å². The molecule has 132 valence electrons. The van der Waals surface area contributed by atoms with Crippen molar-refractivity contribution in [1.82, 2.24) is 10.6 Å². The average molecular weight is 466 g/mol. The number of hydrogen-bond acceptors (Lipinski definition) is 4. The van der Waals surface area contributed by atoms with Gasteiger partial charge >= 0.3 is 5.97 Å². The highest BCUT2D eigenvalue weighted by Gasteiger charge is 2.24. The van der Waals surface area contributed by atoms with Crippen molar-refractivity contribution in [1.29, 1.82) is 0 Å². The molecule has 6 nitrogen and oxygen atoms in total. The Morgan fingerprint density at radius 3 is 2.28 bits per heavy atom. The predicted octanol–water partition coefficient (Wildman–Crippen LogP) is 3.43. The fourth-order valence-corrected chi connectivity index (χ4v) is 3.73. The van der Waals surface area contributed by atoms with Crippen LogP contribution in [0.4, 0.5) is 0 Å². The first-order chi connectivity index (χ1) is 11.8. The minimum absolute atomic E-state index is 0.0226. The molecule has 2 amide bonds. The second-order valence-corrected chi connectivity index (χ2v) is 8.05. The quantitative estimate of drug-likeness (QED) is 0.608. The van der Waals surface area contributed by atoms with E-state index in [9.17, 15) is 19.5 Å². The second-order valence-electron chi connectivity index (χ2n) is 4.77. The summed E-state index contributed by atoms with van der Waals surface area (Å²) < 4.78 is 0.772. The van der Waals surface area contributed by atoms with E-state index in [0.717, 1.165) is 3.79 Å². The minimum Gasteiger partial charge on any atom is -0.480 e. The van der Waals surface area contributed by atoms with Crippen LogP contribution in [0.5, 0.6) is 0 Å². The summed E-state index contributed by atoms with van der Waals surface area (Å²) in [5.74, 6) is -2.48. The van der Waals surface area contributed by atoms with Gasteiger partial charge in [-0.3, -0.25) is 9.59 Å². The van der Waals surface area contributed by atoms with Crippen molar-refractivity contribution in [2.24, 2.45) is 0 Å². The SMILES string of the molecule is O=C(NC[C@H](NC(=O)c1c(Cl)cccc1Cl)C(=O)O)c1ccc(Br)s1. The van der Waals surface area contributed by atoms with Gasteiger partial charge in [-0.25, -0.2) is 4.79 Å². The molecule has 0 bridgehead atoms. The van der Waals surface area contributed by atoms with E-state index in [2.05, 4.69) is 26.6 Å². The van der Waals surface area contributed by atoms with E-state index in [1.165, 1.54) is 23.5 Å². The molecule has 1 atom stereocenters. The molecular formula is C15H11BrCl2N2O4S. The molecule has 0 spiro atoms. The van der Waals surface area contributed by atoms with E-state index in [-0.39, 0.29) is 22.2 Å². The first-order valence-corrected chi connectivity index (χ1v) is 9.17. The average Bonchev–Trinajstić information content (AvgIpc) is 2.97. The highest BCUT2D eigenvalue weighted by molar-refractivity contribution is 9.11. The lowest BCUT2D eigenvalue weighted by Gasteiger charge is -2.16. The number of aliphatic carboxylic acids is 1. The second kappa shape index (κ2) is 8.66. The van der Waals surface area contributed by atoms with Gasteiger partial charge in [0.25, 0.3) is 11.8 Å². The first-order valence-electron chi connectivity index (χ1n) is 6.81. The zero-order chi connectivity index (χ0) is 18.6. The summed E-state index contributed by atoms with van der Waals surface area (Å²) in [6, 6.07) is 6.46. The first kappa shape index (κ1) is 19.7. The number of halogens is 3. The van der Waals surface area contributed by atoms with Crippen molar-refractivity contribution in [2.75, 3.05) is 6.54 Å². The zero-order valence-electron chi connectivity index (χ0n) is 12.4. The predicted molar refractivity (Wildman–Crippen MR) is 99.7 cm³/mol. The third kappa shape index (κ3) is 5.18. The van der Waals surface area contributed by atoms with E-state index in [1.807, 2.05) is 0 Å². The van der Waals surface area contributed by atoms with Crippen molar-refractivity contribution < 1.29 is 19.5 Å². The van der Waals surface area contributed by atoms with E-state index < -0.39 is 23.8 Å². The Bertz CT molecular complexity index is 807. The lowest BCUT2D eigenvalue weighted by atomic mass is 10.2. The fraction of sp³-hybridized carbons (Fsp3) is 0.133. The van der Waals surface area contributed by atoms with E-state index in [4.69, 9.17) is 23.2 Å². The molecule has 2 aromatic rings. The highest BCUT2D eigenvalue weighted by Crippen LogP contribution is 2.24. The molecule has 0 fully saturated rings. The van der Waals surface area contributed by atoms with Gasteiger partial charge in [-0.15, -0.1) is 11.3 Å². The Labute approximate surface area is 165 Å². The maximum atomic E-state index is 12.3. The van der Waals surface area contributed by atoms with Gasteiger partial charge in [0.05, 0.1) is 24.3 Å². The molecule has 1 aromatic heterocycles. The van der Waals surface area contributed by atoms with Crippen LogP contribution in [-0.4, -0.2) is 35.5 Å². The maximum absolute atomic E-state index is 12.3. The fourth-order valence-electron chi connectivity index (χ4n) is 1.86. The Morgan fingerprint density at radius 1 is 1.12 bits per heavy atom. The third-order valence-corrected chi connectivity index (χ3v) is 5.31. The summed E-state index contributed by atoms with van der Waals surface area (Å²) in [5.41, 5.74) is -0.0226. The van der Waals surface area contributed by atoms with Crippen molar-refractivity contribution in [3.63, 3.8) is 0 Å². The van der Waals surface area contributed by atoms with Crippen LogP contribution in [0.1, 0.15) is 20.0 Å². The minimum atomic E-state index is -1.34. The number of carbonyl (C=O) groups excluding carboxylic acids is 2. The third-order valence-electron chi connectivity index (χ3n) is 3.06. The molecule has 2 rings (SSSR count). The van der Waals surface area contributed by atoms with Crippen molar-refractivity contribution in [2.45, 2.75) is 6.04 Å². The van der Waals surface area contributed by atoms with Crippen molar-refractivity contribution in [3.05, 3.63) is 54.6 Å². The van der Waals surface area contributed by atoms with Crippen molar-refractivity contribution in [3.8, 4) is 0 Å². The topological polar surface area (TPSA) is 95.5 Å². The van der Waals surface area contributed by atoms with Gasteiger partial charge in [0.2, 0.25) is 0 Å². The summed E-state index contributed by atoms with van der Waals surface area (Å²) in [5, 5.41) is 14.2. The molecule has 10 heteroatoms. The molecule has 0 saturated heterocycles. The molecule has 0 aliphatic carbocycles. The number of thiophene rings is 1. The van der Waals surface area contributed by atoms with Crippen LogP contribution in [0.3, 0.4) is 0 Å². The van der Waals surface area contributed by atoms with Crippen LogP contribution in [0.15, 0.2) is 34.1 Å². The number of nitrogens with one attached hydrogen (secondary N) is 2. The Kier molecular flexibility index (Phi) is 6.83. The number of carboxylic acids is 1. The summed E-state index contributed by atoms with van der Waals surface area (Å²) in [6.45, 7) is -0.294. The summed E-state index contributed by atoms with van der Waals surface area (Å²) in [4.78, 5) is 36.0. The van der Waals surface area contributed by atoms with E-state index >= 15 is 0 Å². The largest absolute Gasteiger partial charge is 0.480 e. The van der Waals surface area contributed by atoms with Gasteiger partial charge in [0.1, 0.15) is 6.04 Å². The molecule has 1 heterocycles. The smallest absolute Gasteiger partial charge is 0.328 e. The van der Waals surface area contributed by atoms with Gasteiger partial charge < -0.3 is 15.7 Å². The van der Waals surface area contributed by atoms with Crippen LogP contribution in [0, 0.1) is 0 Å². The number of hydrogen-bond donors (Lipinski definition) is 3. The molecule has 0 aliphatic rings. The Balaban J connectivity index is 2.05. The molecule has 0 saturated carbocycles. The normalized spacial score (nSPS) is 11.6. The molecule has 0 unspecified atom stereocenters. The summed E-state index contributed by atoms with van der Waals surface area (Å²) in [6.07, 6.45) is 0. The van der Waals surface area contributed by atoms with Gasteiger partial charge in [0, 0.05) is 6.54 Å². The van der Waals surface area contributed by atoms with Crippen LogP contribution >= 0.6 is 50.5 Å². The van der Waals surface area contributed by atoms with E-state index in [1.54, 1.807) is 18.2 Å². The number of carbonyl (C=O) groups is 3. The summed E-state index contributed by atoms with van der Waals surface area (Å²) >= 11 is 16.3. The zero-order valence-corrected chi connectivity index (χ0v) is 16.3. The Hall–Kier alpha value is -1.61. The van der Waals surface area contributed by atoms with E-state index in [0.29, 0.717) is 4.88 Å². The van der Waals surface area contributed by atoms with Crippen molar-refractivity contribution >= 4 is 68.3 Å². The lowest BCUT2D eigenvalue weighted by molar-refractivity contribution is -0.139. The number of carboxylic acid groups (broad SMARTS) is 1. The van der Waals surface area contributed by atoms with Crippen LogP contribution in [0.2, 0.25) is 10.0 Å². The summed E-state index contributed by atoms with van der Waals surface area (Å²) in [7, 11) is 0. The number of rotatable bonds is 6. The van der Waals surface area contributed by atoms with Crippen LogP contribution in [-0.2, 0) is 4.79 Å². The number of benzene rings is 1. The molecular weight excluding hydrogens is 455 g/mol. The van der Waals surface area contributed by atoms with Gasteiger partial charge in [0.15, 0.2) is 0 Å². The highest BCUT2D eigenvalue weighted by atomic mass is 79.9. The molecule has 1 aromatic carbocycles. The van der Waals surface area contributed by atoms with Gasteiger partial charge in [-0.05, 0) is 40.2 Å². The molecule has 3 N–H and O–H groups in total. The molecule has 25 heavy (non-hydrogen) atoms. The molecule has 0 radical (unpaired) electrons. The van der Waals surface area contributed by atoms with Gasteiger partial charge in [-0.2, -0.15) is 0 Å². The van der Waals surface area contributed by atoms with Crippen LogP contribution in [0.25, 0.3) is 0 Å². The standard InChI is InChI=1S/C15H11BrCl2N2O4S/c16-11-5-4-10(25-11)13(21)19-6-9(15(23)24)20-14(22)12-7(17)2-1-3-8(12)18/h1-5,9H,6H2,(H,19,21)(H,20,22)(H,23,24)/t9-/m0/s1. The Morgan fingerprint density at radius 2 is 1.76 bits per heavy atom.